The first-order valence-electron chi connectivity index (χ1n) is 5.44. The lowest BCUT2D eigenvalue weighted by Gasteiger charge is -2.11. The predicted octanol–water partition coefficient (Wildman–Crippen LogP) is 1.76. The smallest absolute Gasteiger partial charge is 0.237 e. The molecule has 1 aromatic carbocycles. The van der Waals surface area contributed by atoms with Crippen molar-refractivity contribution in [3.05, 3.63) is 35.6 Å². The van der Waals surface area contributed by atoms with Crippen molar-refractivity contribution in [1.82, 2.24) is 14.9 Å². The Balaban J connectivity index is 1.98. The van der Waals surface area contributed by atoms with Gasteiger partial charge in [-0.15, -0.1) is 10.2 Å². The molecule has 0 saturated carbocycles. The van der Waals surface area contributed by atoms with Gasteiger partial charge in [-0.2, -0.15) is 0 Å². The van der Waals surface area contributed by atoms with Crippen molar-refractivity contribution in [2.75, 3.05) is 11.2 Å². The number of nitrogens with two attached hydrogens (primary N) is 1. The molecule has 0 saturated heterocycles. The number of halogens is 1. The van der Waals surface area contributed by atoms with E-state index in [1.54, 1.807) is 31.2 Å². The second-order valence-electron chi connectivity index (χ2n) is 3.78. The summed E-state index contributed by atoms with van der Waals surface area (Å²) in [5.74, 6) is 5.43. The highest BCUT2D eigenvalue weighted by molar-refractivity contribution is 8.00. The monoisotopic (exact) mass is 297 g/mol. The normalized spacial score (nSPS) is 12.1. The van der Waals surface area contributed by atoms with E-state index in [-0.39, 0.29) is 11.2 Å². The number of thioether (sulfide) groups is 1. The summed E-state index contributed by atoms with van der Waals surface area (Å²) in [6, 6.07) is 6.97. The molecule has 0 bridgehead atoms. The highest BCUT2D eigenvalue weighted by atomic mass is 35.5. The third-order valence-corrected chi connectivity index (χ3v) is 3.59. The van der Waals surface area contributed by atoms with Crippen molar-refractivity contribution in [2.45, 2.75) is 17.3 Å². The number of rotatable bonds is 4. The lowest BCUT2D eigenvalue weighted by molar-refractivity contribution is -0.115. The van der Waals surface area contributed by atoms with Gasteiger partial charge >= 0.3 is 0 Å². The maximum atomic E-state index is 12.0. The van der Waals surface area contributed by atoms with E-state index >= 15 is 0 Å². The minimum absolute atomic E-state index is 0.157. The van der Waals surface area contributed by atoms with Crippen molar-refractivity contribution in [2.24, 2.45) is 0 Å². The Morgan fingerprint density at radius 3 is 3.00 bits per heavy atom. The van der Waals surface area contributed by atoms with Gasteiger partial charge in [-0.25, -0.2) is 4.68 Å². The summed E-state index contributed by atoms with van der Waals surface area (Å²) >= 11 is 7.08. The van der Waals surface area contributed by atoms with Crippen LogP contribution in [0.25, 0.3) is 0 Å². The highest BCUT2D eigenvalue weighted by Gasteiger charge is 2.17. The van der Waals surface area contributed by atoms with Crippen LogP contribution in [0, 0.1) is 0 Å². The molecule has 3 N–H and O–H groups in total. The number of hydrogen-bond donors (Lipinski definition) is 2. The fourth-order valence-electron chi connectivity index (χ4n) is 1.34. The van der Waals surface area contributed by atoms with Crippen LogP contribution in [0.2, 0.25) is 5.02 Å². The van der Waals surface area contributed by atoms with Crippen LogP contribution >= 0.6 is 23.4 Å². The van der Waals surface area contributed by atoms with Crippen molar-refractivity contribution < 1.29 is 4.79 Å². The standard InChI is InChI=1S/C11H12ClN5OS/c1-7(19-11-16-14-6-17(11)13)10(18)15-9-4-2-3-8(12)5-9/h2-7H,13H2,1H3,(H,15,18)/t7-/m0/s1. The van der Waals surface area contributed by atoms with Crippen molar-refractivity contribution >= 4 is 35.0 Å². The van der Waals surface area contributed by atoms with Gasteiger partial charge < -0.3 is 11.2 Å². The van der Waals surface area contributed by atoms with Crippen LogP contribution in [0.4, 0.5) is 5.69 Å². The number of carbonyl (C=O) groups excluding carboxylic acids is 1. The lowest BCUT2D eigenvalue weighted by Crippen LogP contribution is -2.23. The minimum Gasteiger partial charge on any atom is -0.336 e. The van der Waals surface area contributed by atoms with Gasteiger partial charge in [0, 0.05) is 10.7 Å². The molecule has 1 heterocycles. The van der Waals surface area contributed by atoms with Gasteiger partial charge in [-0.1, -0.05) is 29.4 Å². The quantitative estimate of drug-likeness (QED) is 0.663. The summed E-state index contributed by atoms with van der Waals surface area (Å²) in [6.07, 6.45) is 1.38. The Bertz CT molecular complexity index is 588. The number of nitrogen functional groups attached to an aromatic ring is 1. The van der Waals surface area contributed by atoms with Gasteiger partial charge in [0.25, 0.3) is 0 Å². The molecule has 0 aliphatic heterocycles. The van der Waals surface area contributed by atoms with Gasteiger partial charge in [0.15, 0.2) is 0 Å². The second kappa shape index (κ2) is 5.94. The fourth-order valence-corrected chi connectivity index (χ4v) is 2.27. The summed E-state index contributed by atoms with van der Waals surface area (Å²) in [5.41, 5.74) is 0.652. The molecule has 0 spiro atoms. The maximum absolute atomic E-state index is 12.0. The number of anilines is 1. The largest absolute Gasteiger partial charge is 0.336 e. The van der Waals surface area contributed by atoms with E-state index in [9.17, 15) is 4.79 Å². The number of nitrogens with zero attached hydrogens (tertiary/aromatic N) is 3. The molecule has 2 rings (SSSR count). The maximum Gasteiger partial charge on any atom is 0.237 e. The van der Waals surface area contributed by atoms with E-state index in [0.29, 0.717) is 15.9 Å². The van der Waals surface area contributed by atoms with Gasteiger partial charge in [0.1, 0.15) is 6.33 Å². The molecule has 100 valence electrons. The van der Waals surface area contributed by atoms with Gasteiger partial charge in [-0.05, 0) is 25.1 Å². The first kappa shape index (κ1) is 13.7. The van der Waals surface area contributed by atoms with Crippen LogP contribution in [0.15, 0.2) is 35.7 Å². The molecule has 2 aromatic rings. The van der Waals surface area contributed by atoms with E-state index in [4.69, 9.17) is 17.4 Å². The lowest BCUT2D eigenvalue weighted by atomic mass is 10.3. The van der Waals surface area contributed by atoms with E-state index in [0.717, 1.165) is 0 Å². The molecule has 0 fully saturated rings. The molecule has 1 atom stereocenters. The molecule has 1 aromatic heterocycles. The molecular formula is C11H12ClN5OS. The number of hydrogen-bond acceptors (Lipinski definition) is 5. The Labute approximate surface area is 119 Å². The summed E-state index contributed by atoms with van der Waals surface area (Å²) in [6.45, 7) is 1.76. The number of amides is 1. The molecule has 0 aliphatic rings. The molecule has 6 nitrogen and oxygen atoms in total. The van der Waals surface area contributed by atoms with Crippen molar-refractivity contribution in [1.29, 1.82) is 0 Å². The topological polar surface area (TPSA) is 85.8 Å². The van der Waals surface area contributed by atoms with Gasteiger partial charge in [-0.3, -0.25) is 4.79 Å². The van der Waals surface area contributed by atoms with Crippen LogP contribution in [0.3, 0.4) is 0 Å². The molecule has 19 heavy (non-hydrogen) atoms. The molecule has 0 unspecified atom stereocenters. The molecular weight excluding hydrogens is 286 g/mol. The van der Waals surface area contributed by atoms with Crippen molar-refractivity contribution in [3.8, 4) is 0 Å². The first-order chi connectivity index (χ1) is 9.06. The van der Waals surface area contributed by atoms with Crippen LogP contribution in [0.5, 0.6) is 0 Å². The number of aromatic nitrogens is 3. The Morgan fingerprint density at radius 2 is 2.37 bits per heavy atom. The summed E-state index contributed by atoms with van der Waals surface area (Å²) in [5, 5.41) is 10.9. The third kappa shape index (κ3) is 3.62. The molecule has 1 amide bonds. The SMILES string of the molecule is C[C@H](Sc1nncn1N)C(=O)Nc1cccc(Cl)c1. The third-order valence-electron chi connectivity index (χ3n) is 2.28. The number of nitrogens with one attached hydrogen (secondary N) is 1. The van der Waals surface area contributed by atoms with E-state index in [1.807, 2.05) is 0 Å². The summed E-state index contributed by atoms with van der Waals surface area (Å²) in [7, 11) is 0. The Morgan fingerprint density at radius 1 is 1.58 bits per heavy atom. The zero-order valence-corrected chi connectivity index (χ0v) is 11.6. The Hall–Kier alpha value is -1.73. The van der Waals surface area contributed by atoms with Crippen LogP contribution in [-0.2, 0) is 4.79 Å². The van der Waals surface area contributed by atoms with E-state index in [2.05, 4.69) is 15.5 Å². The average Bonchev–Trinajstić information content (AvgIpc) is 2.75. The van der Waals surface area contributed by atoms with Gasteiger partial charge in [0.2, 0.25) is 11.1 Å². The first-order valence-corrected chi connectivity index (χ1v) is 6.70. The van der Waals surface area contributed by atoms with E-state index in [1.165, 1.54) is 22.8 Å². The Kier molecular flexibility index (Phi) is 4.28. The summed E-state index contributed by atoms with van der Waals surface area (Å²) < 4.78 is 1.27. The van der Waals surface area contributed by atoms with Crippen LogP contribution in [-0.4, -0.2) is 26.0 Å². The predicted molar refractivity (Wildman–Crippen MR) is 75.6 cm³/mol. The van der Waals surface area contributed by atoms with E-state index < -0.39 is 0 Å². The van der Waals surface area contributed by atoms with Crippen molar-refractivity contribution in [3.63, 3.8) is 0 Å². The fraction of sp³-hybridized carbons (Fsp3) is 0.182. The minimum atomic E-state index is -0.356. The second-order valence-corrected chi connectivity index (χ2v) is 5.52. The van der Waals surface area contributed by atoms with Gasteiger partial charge in [0.05, 0.1) is 5.25 Å². The zero-order chi connectivity index (χ0) is 13.8. The molecule has 0 radical (unpaired) electrons. The molecule has 0 aliphatic carbocycles. The number of benzene rings is 1. The highest BCUT2D eigenvalue weighted by Crippen LogP contribution is 2.21. The zero-order valence-electron chi connectivity index (χ0n) is 10.1. The summed E-state index contributed by atoms with van der Waals surface area (Å²) in [4.78, 5) is 12.0. The average molecular weight is 298 g/mol. The molecule has 8 heteroatoms. The van der Waals surface area contributed by atoms with Crippen LogP contribution < -0.4 is 11.2 Å². The number of carbonyl (C=O) groups is 1. The van der Waals surface area contributed by atoms with Crippen LogP contribution in [0.1, 0.15) is 6.92 Å².